The number of hydrogen-bond donors (Lipinski definition) is 1. The Hall–Kier alpha value is -3.37. The molecule has 1 aromatic heterocycles. The lowest BCUT2D eigenvalue weighted by Gasteiger charge is -2.21. The van der Waals surface area contributed by atoms with Crippen LogP contribution in [0, 0.1) is 0 Å². The van der Waals surface area contributed by atoms with E-state index in [1.165, 1.54) is 37.1 Å². The summed E-state index contributed by atoms with van der Waals surface area (Å²) in [5, 5.41) is 4.37. The molecule has 0 aliphatic carbocycles. The highest BCUT2D eigenvalue weighted by molar-refractivity contribution is 6.02. The first kappa shape index (κ1) is 24.3. The molecule has 1 N–H and O–H groups in total. The molecule has 1 aliphatic heterocycles. The summed E-state index contributed by atoms with van der Waals surface area (Å²) in [6.45, 7) is 7.09. The largest absolute Gasteiger partial charge is 0.351 e. The SMILES string of the molecule is CCCNC(=O)c1c(C(c2ccccc2)c2ccccc2)c2ccccc2n1CCCN1CCCC1. The summed E-state index contributed by atoms with van der Waals surface area (Å²) in [5.41, 5.74) is 5.47. The number of hydrogen-bond acceptors (Lipinski definition) is 2. The standard InChI is InChI=1S/C32H37N3O/c1-2-20-33-32(36)31-30(29(25-14-5-3-6-15-25)26-16-7-4-8-17-26)27-18-9-10-19-28(27)35(31)24-13-23-34-21-11-12-22-34/h3-10,14-19,29H,2,11-13,20-24H2,1H3,(H,33,36). The van der Waals surface area contributed by atoms with Gasteiger partial charge in [0.2, 0.25) is 0 Å². The maximum Gasteiger partial charge on any atom is 0.268 e. The monoisotopic (exact) mass is 479 g/mol. The van der Waals surface area contributed by atoms with Gasteiger partial charge in [-0.1, -0.05) is 85.8 Å². The van der Waals surface area contributed by atoms with E-state index in [1.54, 1.807) is 0 Å². The number of nitrogens with one attached hydrogen (secondary N) is 1. The molecule has 5 rings (SSSR count). The number of rotatable bonds is 10. The third-order valence-corrected chi connectivity index (χ3v) is 7.37. The van der Waals surface area contributed by atoms with Crippen molar-refractivity contribution in [2.24, 2.45) is 0 Å². The maximum absolute atomic E-state index is 13.9. The van der Waals surface area contributed by atoms with Gasteiger partial charge in [-0.05, 0) is 62.5 Å². The molecule has 1 amide bonds. The summed E-state index contributed by atoms with van der Waals surface area (Å²) in [6, 6.07) is 29.8. The van der Waals surface area contributed by atoms with Crippen molar-refractivity contribution < 1.29 is 4.79 Å². The smallest absolute Gasteiger partial charge is 0.268 e. The molecule has 0 unspecified atom stereocenters. The van der Waals surface area contributed by atoms with E-state index in [0.29, 0.717) is 6.54 Å². The molecule has 0 saturated carbocycles. The Morgan fingerprint density at radius 2 is 1.44 bits per heavy atom. The van der Waals surface area contributed by atoms with Crippen LogP contribution in [-0.2, 0) is 6.54 Å². The molecule has 1 aliphatic rings. The molecule has 2 heterocycles. The molecule has 1 fully saturated rings. The molecule has 1 saturated heterocycles. The van der Waals surface area contributed by atoms with Crippen molar-refractivity contribution in [2.75, 3.05) is 26.2 Å². The average Bonchev–Trinajstić information content (AvgIpc) is 3.56. The van der Waals surface area contributed by atoms with Gasteiger partial charge in [0, 0.05) is 35.5 Å². The summed E-state index contributed by atoms with van der Waals surface area (Å²) in [7, 11) is 0. The number of aromatic nitrogens is 1. The van der Waals surface area contributed by atoms with E-state index in [0.717, 1.165) is 48.1 Å². The quantitative estimate of drug-likeness (QED) is 0.284. The zero-order valence-electron chi connectivity index (χ0n) is 21.3. The molecule has 3 aromatic carbocycles. The van der Waals surface area contributed by atoms with Gasteiger partial charge in [-0.25, -0.2) is 0 Å². The zero-order valence-corrected chi connectivity index (χ0v) is 21.3. The van der Waals surface area contributed by atoms with Crippen LogP contribution in [0.5, 0.6) is 0 Å². The highest BCUT2D eigenvalue weighted by Crippen LogP contribution is 2.40. The van der Waals surface area contributed by atoms with Gasteiger partial charge in [0.1, 0.15) is 5.69 Å². The van der Waals surface area contributed by atoms with Crippen molar-refractivity contribution >= 4 is 16.8 Å². The highest BCUT2D eigenvalue weighted by Gasteiger charge is 2.30. The molecule has 4 nitrogen and oxygen atoms in total. The molecular formula is C32H37N3O. The minimum absolute atomic E-state index is 0.0282. The van der Waals surface area contributed by atoms with Gasteiger partial charge < -0.3 is 14.8 Å². The average molecular weight is 480 g/mol. The van der Waals surface area contributed by atoms with Gasteiger partial charge in [0.05, 0.1) is 0 Å². The predicted octanol–water partition coefficient (Wildman–Crippen LogP) is 6.45. The van der Waals surface area contributed by atoms with Crippen LogP contribution >= 0.6 is 0 Å². The van der Waals surface area contributed by atoms with E-state index in [2.05, 4.69) is 107 Å². The van der Waals surface area contributed by atoms with Crippen LogP contribution < -0.4 is 5.32 Å². The number of fused-ring (bicyclic) bond motifs is 1. The van der Waals surface area contributed by atoms with E-state index in [1.807, 2.05) is 0 Å². The number of para-hydroxylation sites is 1. The molecule has 4 heteroatoms. The molecular weight excluding hydrogens is 442 g/mol. The minimum Gasteiger partial charge on any atom is -0.351 e. The molecule has 4 aromatic rings. The van der Waals surface area contributed by atoms with Crippen molar-refractivity contribution in [3.63, 3.8) is 0 Å². The summed E-state index contributed by atoms with van der Waals surface area (Å²) in [6.07, 6.45) is 4.55. The molecule has 0 bridgehead atoms. The predicted molar refractivity (Wildman–Crippen MR) is 149 cm³/mol. The molecule has 0 spiro atoms. The van der Waals surface area contributed by atoms with Crippen molar-refractivity contribution in [3.8, 4) is 0 Å². The summed E-state index contributed by atoms with van der Waals surface area (Å²) < 4.78 is 2.30. The van der Waals surface area contributed by atoms with Crippen LogP contribution in [0.25, 0.3) is 10.9 Å². The highest BCUT2D eigenvalue weighted by atomic mass is 16.1. The first-order chi connectivity index (χ1) is 17.8. The normalized spacial score (nSPS) is 14.1. The fourth-order valence-electron chi connectivity index (χ4n) is 5.70. The van der Waals surface area contributed by atoms with Crippen LogP contribution in [0.1, 0.15) is 65.7 Å². The van der Waals surface area contributed by atoms with E-state index in [4.69, 9.17) is 0 Å². The number of nitrogens with zero attached hydrogens (tertiary/aromatic N) is 2. The first-order valence-electron chi connectivity index (χ1n) is 13.5. The molecule has 0 radical (unpaired) electrons. The second-order valence-electron chi connectivity index (χ2n) is 9.84. The third kappa shape index (κ3) is 5.10. The number of benzene rings is 3. The van der Waals surface area contributed by atoms with Gasteiger partial charge >= 0.3 is 0 Å². The van der Waals surface area contributed by atoms with Crippen molar-refractivity contribution in [2.45, 2.75) is 45.1 Å². The second-order valence-corrected chi connectivity index (χ2v) is 9.84. The van der Waals surface area contributed by atoms with Crippen molar-refractivity contribution in [1.82, 2.24) is 14.8 Å². The molecule has 186 valence electrons. The van der Waals surface area contributed by atoms with E-state index < -0.39 is 0 Å². The number of carbonyl (C=O) groups excluding carboxylic acids is 1. The van der Waals surface area contributed by atoms with Crippen LogP contribution in [0.2, 0.25) is 0 Å². The Labute approximate surface area is 214 Å². The van der Waals surface area contributed by atoms with E-state index >= 15 is 0 Å². The van der Waals surface area contributed by atoms with Gasteiger partial charge in [-0.15, -0.1) is 0 Å². The Balaban J connectivity index is 1.67. The lowest BCUT2D eigenvalue weighted by atomic mass is 9.83. The first-order valence-corrected chi connectivity index (χ1v) is 13.5. The Morgan fingerprint density at radius 1 is 0.833 bits per heavy atom. The third-order valence-electron chi connectivity index (χ3n) is 7.37. The number of likely N-dealkylation sites (tertiary alicyclic amines) is 1. The summed E-state index contributed by atoms with van der Waals surface area (Å²) in [4.78, 5) is 16.4. The minimum atomic E-state index is -0.0282. The lowest BCUT2D eigenvalue weighted by Crippen LogP contribution is -2.29. The topological polar surface area (TPSA) is 37.3 Å². The second kappa shape index (κ2) is 11.6. The van der Waals surface area contributed by atoms with Gasteiger partial charge in [-0.2, -0.15) is 0 Å². The Bertz CT molecular complexity index is 1230. The zero-order chi connectivity index (χ0) is 24.7. The van der Waals surface area contributed by atoms with Crippen LogP contribution in [-0.4, -0.2) is 41.6 Å². The van der Waals surface area contributed by atoms with Gasteiger partial charge in [0.15, 0.2) is 0 Å². The fraction of sp³-hybridized carbons (Fsp3) is 0.344. The summed E-state index contributed by atoms with van der Waals surface area (Å²) in [5.74, 6) is 0.000549. The number of amides is 1. The molecule has 0 atom stereocenters. The Kier molecular flexibility index (Phi) is 7.82. The van der Waals surface area contributed by atoms with Gasteiger partial charge in [-0.3, -0.25) is 4.79 Å². The van der Waals surface area contributed by atoms with Gasteiger partial charge in [0.25, 0.3) is 5.91 Å². The lowest BCUT2D eigenvalue weighted by molar-refractivity contribution is 0.0943. The summed E-state index contributed by atoms with van der Waals surface area (Å²) >= 11 is 0. The van der Waals surface area contributed by atoms with Crippen molar-refractivity contribution in [1.29, 1.82) is 0 Å². The Morgan fingerprint density at radius 3 is 2.08 bits per heavy atom. The number of carbonyl (C=O) groups is 1. The molecule has 36 heavy (non-hydrogen) atoms. The maximum atomic E-state index is 13.9. The van der Waals surface area contributed by atoms with E-state index in [-0.39, 0.29) is 11.8 Å². The fourth-order valence-corrected chi connectivity index (χ4v) is 5.70. The van der Waals surface area contributed by atoms with E-state index in [9.17, 15) is 4.79 Å². The van der Waals surface area contributed by atoms with Crippen LogP contribution in [0.4, 0.5) is 0 Å². The number of aryl methyl sites for hydroxylation is 1. The van der Waals surface area contributed by atoms with Crippen molar-refractivity contribution in [3.05, 3.63) is 107 Å². The van der Waals surface area contributed by atoms with Crippen LogP contribution in [0.15, 0.2) is 84.9 Å². The van der Waals surface area contributed by atoms with Crippen LogP contribution in [0.3, 0.4) is 0 Å².